The third-order valence-corrected chi connectivity index (χ3v) is 5.56. The molecule has 6 heteroatoms. The van der Waals surface area contributed by atoms with E-state index >= 15 is 0 Å². The molecule has 0 aliphatic carbocycles. The van der Waals surface area contributed by atoms with Gasteiger partial charge in [-0.1, -0.05) is 47.7 Å². The van der Waals surface area contributed by atoms with Crippen LogP contribution in [0.3, 0.4) is 0 Å². The standard InChI is InChI=1S/C23H21N3O2S/c1-17-8-7-12-20-22(17)25-23(29-20)26(16-18-9-5-6-14-24-18)21(27)13-15-28-19-10-3-2-4-11-19/h2-12,14H,13,15-16H2,1H3. The van der Waals surface area contributed by atoms with Gasteiger partial charge in [-0.25, -0.2) is 4.98 Å². The summed E-state index contributed by atoms with van der Waals surface area (Å²) in [6.07, 6.45) is 2.00. The molecule has 0 aliphatic rings. The highest BCUT2D eigenvalue weighted by Crippen LogP contribution is 2.31. The van der Waals surface area contributed by atoms with Crippen LogP contribution in [0.2, 0.25) is 0 Å². The number of pyridine rings is 1. The van der Waals surface area contributed by atoms with Gasteiger partial charge in [0.25, 0.3) is 0 Å². The molecule has 0 bridgehead atoms. The van der Waals surface area contributed by atoms with Gasteiger partial charge in [-0.2, -0.15) is 0 Å². The minimum Gasteiger partial charge on any atom is -0.493 e. The van der Waals surface area contributed by atoms with Crippen molar-refractivity contribution in [2.75, 3.05) is 11.5 Å². The van der Waals surface area contributed by atoms with Crippen LogP contribution in [0.1, 0.15) is 17.7 Å². The second-order valence-corrected chi connectivity index (χ2v) is 7.64. The molecule has 0 aliphatic heterocycles. The molecule has 4 aromatic rings. The van der Waals surface area contributed by atoms with Crippen molar-refractivity contribution in [1.82, 2.24) is 9.97 Å². The molecule has 29 heavy (non-hydrogen) atoms. The zero-order chi connectivity index (χ0) is 20.1. The van der Waals surface area contributed by atoms with Crippen molar-refractivity contribution in [1.29, 1.82) is 0 Å². The Morgan fingerprint density at radius 1 is 1.03 bits per heavy atom. The lowest BCUT2D eigenvalue weighted by Crippen LogP contribution is -2.31. The Morgan fingerprint density at radius 3 is 2.62 bits per heavy atom. The number of ether oxygens (including phenoxy) is 1. The van der Waals surface area contributed by atoms with E-state index in [1.54, 1.807) is 11.1 Å². The number of thiazole rings is 1. The van der Waals surface area contributed by atoms with Gasteiger partial charge in [0.1, 0.15) is 5.75 Å². The smallest absolute Gasteiger partial charge is 0.232 e. The van der Waals surface area contributed by atoms with Crippen molar-refractivity contribution in [3.8, 4) is 5.75 Å². The predicted molar refractivity (Wildman–Crippen MR) is 116 cm³/mol. The quantitative estimate of drug-likeness (QED) is 0.436. The van der Waals surface area contributed by atoms with Gasteiger partial charge in [0.15, 0.2) is 5.13 Å². The van der Waals surface area contributed by atoms with E-state index in [1.807, 2.05) is 73.7 Å². The largest absolute Gasteiger partial charge is 0.493 e. The molecule has 2 aromatic heterocycles. The molecule has 0 radical (unpaired) electrons. The lowest BCUT2D eigenvalue weighted by atomic mass is 10.2. The van der Waals surface area contributed by atoms with Gasteiger partial charge in [-0.15, -0.1) is 0 Å². The zero-order valence-corrected chi connectivity index (χ0v) is 16.9. The molecule has 0 saturated carbocycles. The maximum Gasteiger partial charge on any atom is 0.232 e. The Balaban J connectivity index is 1.55. The molecule has 0 unspecified atom stereocenters. The van der Waals surface area contributed by atoms with Crippen LogP contribution < -0.4 is 9.64 Å². The summed E-state index contributed by atoms with van der Waals surface area (Å²) in [6, 6.07) is 21.3. The van der Waals surface area contributed by atoms with Crippen LogP contribution >= 0.6 is 11.3 Å². The summed E-state index contributed by atoms with van der Waals surface area (Å²) in [6.45, 7) is 2.72. The van der Waals surface area contributed by atoms with E-state index in [1.165, 1.54) is 11.3 Å². The summed E-state index contributed by atoms with van der Waals surface area (Å²) in [7, 11) is 0. The summed E-state index contributed by atoms with van der Waals surface area (Å²) in [5, 5.41) is 0.685. The van der Waals surface area contributed by atoms with Gasteiger partial charge in [-0.05, 0) is 42.8 Å². The number of amides is 1. The van der Waals surface area contributed by atoms with Crippen molar-refractivity contribution in [2.24, 2.45) is 0 Å². The van der Waals surface area contributed by atoms with E-state index in [0.29, 0.717) is 18.3 Å². The molecule has 0 N–H and O–H groups in total. The molecular weight excluding hydrogens is 382 g/mol. The predicted octanol–water partition coefficient (Wildman–Crippen LogP) is 5.00. The van der Waals surface area contributed by atoms with Gasteiger partial charge >= 0.3 is 0 Å². The van der Waals surface area contributed by atoms with Crippen LogP contribution in [-0.2, 0) is 11.3 Å². The Hall–Kier alpha value is -3.25. The number of aromatic nitrogens is 2. The van der Waals surface area contributed by atoms with E-state index < -0.39 is 0 Å². The number of para-hydroxylation sites is 2. The van der Waals surface area contributed by atoms with Crippen LogP contribution in [0.25, 0.3) is 10.2 Å². The molecule has 5 nitrogen and oxygen atoms in total. The van der Waals surface area contributed by atoms with E-state index in [0.717, 1.165) is 27.2 Å². The van der Waals surface area contributed by atoms with Crippen LogP contribution in [0.15, 0.2) is 72.9 Å². The first-order valence-corrected chi connectivity index (χ1v) is 10.3. The SMILES string of the molecule is Cc1cccc2sc(N(Cc3ccccn3)C(=O)CCOc3ccccc3)nc12. The number of anilines is 1. The average molecular weight is 404 g/mol. The number of aryl methyl sites for hydroxylation is 1. The number of fused-ring (bicyclic) bond motifs is 1. The molecule has 0 atom stereocenters. The van der Waals surface area contributed by atoms with E-state index in [-0.39, 0.29) is 12.3 Å². The second kappa shape index (κ2) is 8.84. The maximum absolute atomic E-state index is 13.1. The molecule has 0 spiro atoms. The lowest BCUT2D eigenvalue weighted by Gasteiger charge is -2.19. The molecule has 1 amide bonds. The average Bonchev–Trinajstić information content (AvgIpc) is 3.19. The third-order valence-electron chi connectivity index (χ3n) is 4.52. The number of nitrogens with zero attached hydrogens (tertiary/aromatic N) is 3. The van der Waals surface area contributed by atoms with Crippen molar-refractivity contribution < 1.29 is 9.53 Å². The minimum atomic E-state index is -0.0386. The van der Waals surface area contributed by atoms with Gasteiger partial charge in [0.05, 0.1) is 35.5 Å². The summed E-state index contributed by atoms with van der Waals surface area (Å²) in [5.41, 5.74) is 2.86. The summed E-state index contributed by atoms with van der Waals surface area (Å²) in [5.74, 6) is 0.718. The normalized spacial score (nSPS) is 10.8. The first-order valence-electron chi connectivity index (χ1n) is 9.45. The molecule has 4 rings (SSSR count). The summed E-state index contributed by atoms with van der Waals surface area (Å²) < 4.78 is 6.78. The van der Waals surface area contributed by atoms with Gasteiger partial charge in [0.2, 0.25) is 5.91 Å². The molecule has 0 saturated heterocycles. The highest BCUT2D eigenvalue weighted by atomic mass is 32.1. The molecule has 2 heterocycles. The summed E-state index contributed by atoms with van der Waals surface area (Å²) >= 11 is 1.52. The monoisotopic (exact) mass is 403 g/mol. The maximum atomic E-state index is 13.1. The first-order chi connectivity index (χ1) is 14.2. The van der Waals surface area contributed by atoms with Crippen molar-refractivity contribution in [3.05, 3.63) is 84.2 Å². The molecule has 2 aromatic carbocycles. The number of rotatable bonds is 7. The van der Waals surface area contributed by atoms with Crippen LogP contribution in [-0.4, -0.2) is 22.5 Å². The zero-order valence-electron chi connectivity index (χ0n) is 16.1. The Bertz CT molecular complexity index is 1100. The number of hydrogen-bond acceptors (Lipinski definition) is 5. The minimum absolute atomic E-state index is 0.0386. The van der Waals surface area contributed by atoms with Crippen LogP contribution in [0.4, 0.5) is 5.13 Å². The summed E-state index contributed by atoms with van der Waals surface area (Å²) in [4.78, 5) is 23.9. The van der Waals surface area contributed by atoms with Gasteiger partial charge < -0.3 is 4.74 Å². The van der Waals surface area contributed by atoms with Crippen LogP contribution in [0.5, 0.6) is 5.75 Å². The number of carbonyl (C=O) groups is 1. The number of hydrogen-bond donors (Lipinski definition) is 0. The fraction of sp³-hybridized carbons (Fsp3) is 0.174. The fourth-order valence-electron chi connectivity index (χ4n) is 3.01. The lowest BCUT2D eigenvalue weighted by molar-refractivity contribution is -0.119. The number of carbonyl (C=O) groups excluding carboxylic acids is 1. The van der Waals surface area contributed by atoms with Gasteiger partial charge in [-0.3, -0.25) is 14.7 Å². The van der Waals surface area contributed by atoms with E-state index in [9.17, 15) is 4.79 Å². The van der Waals surface area contributed by atoms with Gasteiger partial charge in [0, 0.05) is 6.20 Å². The first kappa shape index (κ1) is 19.1. The van der Waals surface area contributed by atoms with Crippen molar-refractivity contribution in [2.45, 2.75) is 19.9 Å². The van der Waals surface area contributed by atoms with Crippen LogP contribution in [0, 0.1) is 6.92 Å². The molecule has 146 valence electrons. The topological polar surface area (TPSA) is 55.3 Å². The highest BCUT2D eigenvalue weighted by Gasteiger charge is 2.21. The fourth-order valence-corrected chi connectivity index (χ4v) is 4.07. The number of benzene rings is 2. The second-order valence-electron chi connectivity index (χ2n) is 6.63. The highest BCUT2D eigenvalue weighted by molar-refractivity contribution is 7.22. The van der Waals surface area contributed by atoms with E-state index in [2.05, 4.69) is 4.98 Å². The molecular formula is C23H21N3O2S. The Kier molecular flexibility index (Phi) is 5.81. The molecule has 0 fully saturated rings. The Morgan fingerprint density at radius 2 is 1.86 bits per heavy atom. The van der Waals surface area contributed by atoms with E-state index in [4.69, 9.17) is 9.72 Å². The van der Waals surface area contributed by atoms with Crippen molar-refractivity contribution in [3.63, 3.8) is 0 Å². The Labute approximate surface area is 173 Å². The van der Waals surface area contributed by atoms with Crippen molar-refractivity contribution >= 4 is 32.6 Å². The third kappa shape index (κ3) is 4.60.